The molecular formula is C20H28N2O4. The number of nitrogens with one attached hydrogen (secondary N) is 1. The number of likely N-dealkylation sites (N-methyl/N-ethyl adjacent to an activating group) is 1. The first-order chi connectivity index (χ1) is 12.7. The number of esters is 1. The van der Waals surface area contributed by atoms with Gasteiger partial charge in [-0.1, -0.05) is 25.0 Å². The maximum atomic E-state index is 12.3. The Morgan fingerprint density at radius 2 is 2.00 bits per heavy atom. The maximum Gasteiger partial charge on any atom is 0.323 e. The zero-order valence-electron chi connectivity index (χ0n) is 15.4. The van der Waals surface area contributed by atoms with Crippen LogP contribution in [0, 0.1) is 5.92 Å². The van der Waals surface area contributed by atoms with Crippen LogP contribution in [0.5, 0.6) is 0 Å². The van der Waals surface area contributed by atoms with Gasteiger partial charge in [-0.2, -0.15) is 0 Å². The van der Waals surface area contributed by atoms with Crippen LogP contribution in [0.1, 0.15) is 24.8 Å². The summed E-state index contributed by atoms with van der Waals surface area (Å²) >= 11 is 0. The Hall–Kier alpha value is -1.92. The number of nitrogens with zero attached hydrogens (tertiary/aromatic N) is 1. The molecule has 2 atom stereocenters. The van der Waals surface area contributed by atoms with Gasteiger partial charge in [0.05, 0.1) is 13.2 Å². The first-order valence-corrected chi connectivity index (χ1v) is 9.44. The molecule has 0 bridgehead atoms. The Balaban J connectivity index is 1.53. The molecule has 2 fully saturated rings. The minimum absolute atomic E-state index is 0.325. The van der Waals surface area contributed by atoms with Crippen molar-refractivity contribution >= 4 is 17.9 Å². The van der Waals surface area contributed by atoms with Crippen LogP contribution in [0.25, 0.3) is 0 Å². The fourth-order valence-electron chi connectivity index (χ4n) is 3.26. The standard InChI is InChI=1S/C20H28N2O4/c1-21-19(13-16-2-3-16)20(24)26-18(14-23)12-15-4-6-17(7-5-15)22-8-10-25-11-9-22/h4-7,14,16,18-19,21H,2-3,8-13H2,1H3/t18-,19+/m1/s1. The number of hydrogen-bond donors (Lipinski definition) is 1. The molecule has 3 rings (SSSR count). The minimum atomic E-state index is -0.744. The molecule has 26 heavy (non-hydrogen) atoms. The number of benzene rings is 1. The molecule has 0 spiro atoms. The molecular weight excluding hydrogens is 332 g/mol. The first kappa shape index (κ1) is 18.9. The average molecular weight is 360 g/mol. The number of ether oxygens (including phenoxy) is 2. The molecule has 6 heteroatoms. The van der Waals surface area contributed by atoms with Gasteiger partial charge in [0.2, 0.25) is 0 Å². The van der Waals surface area contributed by atoms with Gasteiger partial charge in [0, 0.05) is 25.2 Å². The lowest BCUT2D eigenvalue weighted by atomic mass is 10.1. The van der Waals surface area contributed by atoms with Crippen molar-refractivity contribution in [3.63, 3.8) is 0 Å². The van der Waals surface area contributed by atoms with E-state index in [1.165, 1.54) is 12.8 Å². The monoisotopic (exact) mass is 360 g/mol. The Morgan fingerprint density at radius 1 is 1.31 bits per heavy atom. The smallest absolute Gasteiger partial charge is 0.323 e. The first-order valence-electron chi connectivity index (χ1n) is 9.44. The van der Waals surface area contributed by atoms with Gasteiger partial charge in [0.25, 0.3) is 0 Å². The fourth-order valence-corrected chi connectivity index (χ4v) is 3.26. The summed E-state index contributed by atoms with van der Waals surface area (Å²) < 4.78 is 10.8. The van der Waals surface area contributed by atoms with E-state index >= 15 is 0 Å². The van der Waals surface area contributed by atoms with Crippen LogP contribution in [-0.2, 0) is 25.5 Å². The SMILES string of the molecule is CN[C@@H](CC1CC1)C(=O)O[C@@H](C=O)Cc1ccc(N2CCOCC2)cc1. The van der Waals surface area contributed by atoms with Crippen LogP contribution in [0.4, 0.5) is 5.69 Å². The van der Waals surface area contributed by atoms with Crippen LogP contribution in [0.2, 0.25) is 0 Å². The van der Waals surface area contributed by atoms with Gasteiger partial charge in [0.15, 0.2) is 12.4 Å². The zero-order valence-corrected chi connectivity index (χ0v) is 15.4. The summed E-state index contributed by atoms with van der Waals surface area (Å²) in [6, 6.07) is 7.76. The topological polar surface area (TPSA) is 67.9 Å². The van der Waals surface area contributed by atoms with Crippen molar-refractivity contribution in [2.75, 3.05) is 38.3 Å². The Morgan fingerprint density at radius 3 is 2.58 bits per heavy atom. The third kappa shape index (κ3) is 5.29. The van der Waals surface area contributed by atoms with Crippen LogP contribution in [0.15, 0.2) is 24.3 Å². The third-order valence-corrected chi connectivity index (χ3v) is 5.07. The van der Waals surface area contributed by atoms with Gasteiger partial charge in [0.1, 0.15) is 6.04 Å². The number of morpholine rings is 1. The molecule has 6 nitrogen and oxygen atoms in total. The van der Waals surface area contributed by atoms with Gasteiger partial charge in [-0.25, -0.2) is 0 Å². The second-order valence-electron chi connectivity index (χ2n) is 7.10. The van der Waals surface area contributed by atoms with Crippen molar-refractivity contribution in [1.82, 2.24) is 5.32 Å². The maximum absolute atomic E-state index is 12.3. The summed E-state index contributed by atoms with van der Waals surface area (Å²) in [5, 5.41) is 3.00. The van der Waals surface area contributed by atoms with E-state index in [0.29, 0.717) is 12.3 Å². The van der Waals surface area contributed by atoms with Crippen molar-refractivity contribution in [1.29, 1.82) is 0 Å². The zero-order chi connectivity index (χ0) is 18.4. The molecule has 1 saturated heterocycles. The van der Waals surface area contributed by atoms with Gasteiger partial charge < -0.3 is 19.7 Å². The van der Waals surface area contributed by atoms with Crippen molar-refractivity contribution in [3.8, 4) is 0 Å². The summed E-state index contributed by atoms with van der Waals surface area (Å²) in [4.78, 5) is 26.0. The molecule has 0 aromatic heterocycles. The quantitative estimate of drug-likeness (QED) is 0.533. The Kier molecular flexibility index (Phi) is 6.63. The van der Waals surface area contributed by atoms with Crippen LogP contribution >= 0.6 is 0 Å². The lowest BCUT2D eigenvalue weighted by Gasteiger charge is -2.29. The summed E-state index contributed by atoms with van der Waals surface area (Å²) in [5.41, 5.74) is 2.13. The van der Waals surface area contributed by atoms with E-state index < -0.39 is 6.10 Å². The summed E-state index contributed by atoms with van der Waals surface area (Å²) in [5.74, 6) is 0.281. The van der Waals surface area contributed by atoms with E-state index in [1.54, 1.807) is 7.05 Å². The van der Waals surface area contributed by atoms with Crippen LogP contribution in [0.3, 0.4) is 0 Å². The Labute approximate surface area is 154 Å². The second kappa shape index (κ2) is 9.14. The number of carbonyl (C=O) groups is 2. The molecule has 1 N–H and O–H groups in total. The van der Waals surface area contributed by atoms with E-state index in [0.717, 1.165) is 50.3 Å². The number of rotatable bonds is 9. The van der Waals surface area contributed by atoms with Gasteiger partial charge in [-0.3, -0.25) is 9.59 Å². The molecule has 1 aliphatic heterocycles. The summed E-state index contributed by atoms with van der Waals surface area (Å²) in [7, 11) is 1.76. The van der Waals surface area contributed by atoms with E-state index in [-0.39, 0.29) is 12.0 Å². The second-order valence-corrected chi connectivity index (χ2v) is 7.10. The number of anilines is 1. The number of carbonyl (C=O) groups excluding carboxylic acids is 2. The Bertz CT molecular complexity index is 594. The molecule has 0 unspecified atom stereocenters. The van der Waals surface area contributed by atoms with Crippen LogP contribution in [-0.4, -0.2) is 57.8 Å². The van der Waals surface area contributed by atoms with Crippen molar-refractivity contribution in [2.24, 2.45) is 5.92 Å². The van der Waals surface area contributed by atoms with Crippen molar-refractivity contribution in [2.45, 2.75) is 37.8 Å². The molecule has 0 radical (unpaired) electrons. The molecule has 1 aromatic rings. The fraction of sp³-hybridized carbons (Fsp3) is 0.600. The van der Waals surface area contributed by atoms with Gasteiger partial charge in [-0.15, -0.1) is 0 Å². The normalized spacial score (nSPS) is 19.7. The number of hydrogen-bond acceptors (Lipinski definition) is 6. The molecule has 1 aromatic carbocycles. The summed E-state index contributed by atoms with van der Waals surface area (Å²) in [6.07, 6.45) is 3.52. The largest absolute Gasteiger partial charge is 0.453 e. The van der Waals surface area contributed by atoms with E-state index in [2.05, 4.69) is 10.2 Å². The third-order valence-electron chi connectivity index (χ3n) is 5.07. The van der Waals surface area contributed by atoms with Crippen LogP contribution < -0.4 is 10.2 Å². The molecule has 1 saturated carbocycles. The highest BCUT2D eigenvalue weighted by molar-refractivity contribution is 5.78. The minimum Gasteiger partial charge on any atom is -0.453 e. The average Bonchev–Trinajstić information content (AvgIpc) is 3.51. The van der Waals surface area contributed by atoms with Crippen molar-refractivity contribution < 1.29 is 19.1 Å². The molecule has 0 amide bonds. The van der Waals surface area contributed by atoms with E-state index in [4.69, 9.17) is 9.47 Å². The van der Waals surface area contributed by atoms with E-state index in [1.807, 2.05) is 24.3 Å². The highest BCUT2D eigenvalue weighted by atomic mass is 16.5. The predicted octanol–water partition coefficient (Wildman–Crippen LogP) is 1.56. The van der Waals surface area contributed by atoms with Gasteiger partial charge >= 0.3 is 5.97 Å². The summed E-state index contributed by atoms with van der Waals surface area (Å²) in [6.45, 7) is 3.28. The molecule has 1 heterocycles. The molecule has 1 aliphatic carbocycles. The number of aldehydes is 1. The molecule has 142 valence electrons. The highest BCUT2D eigenvalue weighted by Gasteiger charge is 2.30. The van der Waals surface area contributed by atoms with Gasteiger partial charge in [-0.05, 0) is 37.1 Å². The lowest BCUT2D eigenvalue weighted by molar-refractivity contribution is -0.154. The molecule has 2 aliphatic rings. The highest BCUT2D eigenvalue weighted by Crippen LogP contribution is 2.33. The van der Waals surface area contributed by atoms with E-state index in [9.17, 15) is 9.59 Å². The van der Waals surface area contributed by atoms with Crippen molar-refractivity contribution in [3.05, 3.63) is 29.8 Å². The lowest BCUT2D eigenvalue weighted by Crippen LogP contribution is -2.38. The predicted molar refractivity (Wildman–Crippen MR) is 99.3 cm³/mol.